The van der Waals surface area contributed by atoms with Crippen LogP contribution >= 0.6 is 0 Å². The van der Waals surface area contributed by atoms with Crippen molar-refractivity contribution in [3.05, 3.63) is 41.0 Å². The van der Waals surface area contributed by atoms with Gasteiger partial charge in [0.15, 0.2) is 0 Å². The molecule has 1 aromatic carbocycles. The largest absolute Gasteiger partial charge is 0.321 e. The fourth-order valence-corrected chi connectivity index (χ4v) is 6.88. The predicted molar refractivity (Wildman–Crippen MR) is 118 cm³/mol. The summed E-state index contributed by atoms with van der Waals surface area (Å²) in [6.07, 6.45) is -3.16. The molecule has 2 bridgehead atoms. The van der Waals surface area contributed by atoms with Gasteiger partial charge in [-0.1, -0.05) is 6.92 Å². The molecule has 1 amide bonds. The van der Waals surface area contributed by atoms with Gasteiger partial charge >= 0.3 is 0 Å². The van der Waals surface area contributed by atoms with Crippen LogP contribution in [-0.4, -0.2) is 37.7 Å². The second kappa shape index (κ2) is 7.48. The van der Waals surface area contributed by atoms with Crippen LogP contribution < -0.4 is 5.32 Å². The van der Waals surface area contributed by atoms with E-state index < -0.39 is 79.3 Å². The van der Waals surface area contributed by atoms with E-state index in [1.165, 1.54) is 0 Å². The van der Waals surface area contributed by atoms with Crippen molar-refractivity contribution >= 4 is 21.3 Å². The molecule has 13 heteroatoms. The van der Waals surface area contributed by atoms with Crippen molar-refractivity contribution in [1.29, 1.82) is 4.78 Å². The zero-order chi connectivity index (χ0) is 26.5. The summed E-state index contributed by atoms with van der Waals surface area (Å²) in [6.45, 7) is 1.32. The highest BCUT2D eigenvalue weighted by Gasteiger charge is 2.72. The third kappa shape index (κ3) is 3.99. The van der Waals surface area contributed by atoms with Crippen molar-refractivity contribution < 1.29 is 35.3 Å². The molecule has 1 unspecified atom stereocenters. The van der Waals surface area contributed by atoms with Gasteiger partial charge in [-0.25, -0.2) is 35.3 Å². The Balaban J connectivity index is 1.55. The van der Waals surface area contributed by atoms with Crippen LogP contribution in [0, 0.1) is 16.0 Å². The molecule has 6 nitrogen and oxygen atoms in total. The number of carbonyl (C=O) groups is 1. The normalized spacial score (nSPS) is 29.0. The smallest absolute Gasteiger partial charge is 0.274 e. The molecule has 196 valence electrons. The summed E-state index contributed by atoms with van der Waals surface area (Å²) in [5.74, 6) is -4.88. The maximum atomic E-state index is 14.4. The van der Waals surface area contributed by atoms with Crippen LogP contribution in [0.25, 0.3) is 0 Å². The topological polar surface area (TPSA) is 87.8 Å². The number of nitrogens with zero attached hydrogens (tertiary/aromatic N) is 2. The Labute approximate surface area is 203 Å². The first-order valence-electron chi connectivity index (χ1n) is 11.3. The lowest BCUT2D eigenvalue weighted by Crippen LogP contribution is -2.67. The lowest BCUT2D eigenvalue weighted by Gasteiger charge is -2.65. The van der Waals surface area contributed by atoms with Crippen LogP contribution in [0.2, 0.25) is 0 Å². The average molecular weight is 535 g/mol. The summed E-state index contributed by atoms with van der Waals surface area (Å²) < 4.78 is 105. The number of hydrogen-bond donors (Lipinski definition) is 2. The Morgan fingerprint density at radius 1 is 1.19 bits per heavy atom. The fraction of sp³-hybridized carbons (Fsp3) is 0.565. The Bertz CT molecular complexity index is 1360. The van der Waals surface area contributed by atoms with Gasteiger partial charge in [-0.2, -0.15) is 5.10 Å². The van der Waals surface area contributed by atoms with E-state index in [4.69, 9.17) is 4.78 Å². The molecule has 0 spiro atoms. The van der Waals surface area contributed by atoms with E-state index in [9.17, 15) is 35.3 Å². The van der Waals surface area contributed by atoms with Crippen LogP contribution in [0.1, 0.15) is 67.2 Å². The number of amides is 1. The molecule has 4 aliphatic carbocycles. The number of carbonyl (C=O) groups excluding carboxylic acids is 1. The molecule has 4 fully saturated rings. The number of rotatable bonds is 7. The molecular formula is C23H24F6N4O2S. The van der Waals surface area contributed by atoms with Crippen LogP contribution in [0.15, 0.2) is 23.1 Å². The summed E-state index contributed by atoms with van der Waals surface area (Å²) in [5.41, 5.74) is -4.75. The Morgan fingerprint density at radius 3 is 2.31 bits per heavy atom. The van der Waals surface area contributed by atoms with Crippen molar-refractivity contribution in [3.8, 4) is 0 Å². The van der Waals surface area contributed by atoms with Gasteiger partial charge < -0.3 is 5.32 Å². The molecule has 2 N–H and O–H groups in total. The number of alkyl halides is 5. The van der Waals surface area contributed by atoms with E-state index >= 15 is 0 Å². The average Bonchev–Trinajstić information content (AvgIpc) is 3.02. The fourth-order valence-electron chi connectivity index (χ4n) is 6.08. The van der Waals surface area contributed by atoms with E-state index in [2.05, 4.69) is 10.4 Å². The Kier molecular flexibility index (Phi) is 5.22. The summed E-state index contributed by atoms with van der Waals surface area (Å²) in [5, 5.41) is 6.63. The van der Waals surface area contributed by atoms with Gasteiger partial charge in [0, 0.05) is 36.7 Å². The summed E-state index contributed by atoms with van der Waals surface area (Å²) in [6, 6.07) is 2.99. The SMILES string of the molecule is CC1(Cn2nc(C34CC(F)(C3)C4)c(C(F)F)c2C(=O)Nc2ccc(F)c(S(C)(=N)=O)c2)CC(F)(F)C1. The van der Waals surface area contributed by atoms with Gasteiger partial charge in [0.2, 0.25) is 5.92 Å². The van der Waals surface area contributed by atoms with Gasteiger partial charge in [-0.05, 0) is 42.9 Å². The number of benzene rings is 1. The highest BCUT2D eigenvalue weighted by Crippen LogP contribution is 2.70. The van der Waals surface area contributed by atoms with Crippen LogP contribution in [0.5, 0.6) is 0 Å². The molecule has 0 aliphatic heterocycles. The monoisotopic (exact) mass is 534 g/mol. The number of anilines is 1. The van der Waals surface area contributed by atoms with Crippen molar-refractivity contribution in [2.24, 2.45) is 5.41 Å². The first kappa shape index (κ1) is 25.1. The van der Waals surface area contributed by atoms with Crippen molar-refractivity contribution in [3.63, 3.8) is 0 Å². The molecule has 1 aromatic heterocycles. The van der Waals surface area contributed by atoms with Crippen LogP contribution in [0.3, 0.4) is 0 Å². The molecule has 4 aliphatic rings. The molecule has 2 aromatic rings. The molecular weight excluding hydrogens is 510 g/mol. The third-order valence-corrected chi connectivity index (χ3v) is 8.55. The standard InChI is InChI=1S/C23H24F6N4O2S/c1-20(6-23(28,29)7-20)11-33-16(15(18(25)26)17(32-33)21-8-22(27,9-21)10-21)19(34)31-12-3-4-13(24)14(5-12)36(2,30)35/h3-5,18,30H,6-11H2,1-2H3,(H,31,34). The minimum absolute atomic E-state index is 0.00279. The van der Waals surface area contributed by atoms with Gasteiger partial charge in [0.25, 0.3) is 12.3 Å². The predicted octanol–water partition coefficient (Wildman–Crippen LogP) is 5.83. The third-order valence-electron chi connectivity index (χ3n) is 7.40. The second-order valence-corrected chi connectivity index (χ2v) is 13.1. The highest BCUT2D eigenvalue weighted by atomic mass is 32.2. The minimum atomic E-state index is -3.50. The minimum Gasteiger partial charge on any atom is -0.321 e. The first-order chi connectivity index (χ1) is 16.5. The Hall–Kier alpha value is -2.57. The summed E-state index contributed by atoms with van der Waals surface area (Å²) >= 11 is 0. The number of hydrogen-bond acceptors (Lipinski definition) is 4. The first-order valence-corrected chi connectivity index (χ1v) is 13.2. The second-order valence-electron chi connectivity index (χ2n) is 11.0. The number of nitrogens with one attached hydrogen (secondary N) is 2. The number of halogens is 6. The van der Waals surface area contributed by atoms with Crippen LogP contribution in [-0.2, 0) is 21.7 Å². The lowest BCUT2D eigenvalue weighted by molar-refractivity contribution is -0.164. The zero-order valence-electron chi connectivity index (χ0n) is 19.4. The van der Waals surface area contributed by atoms with Crippen molar-refractivity contribution in [2.75, 3.05) is 11.6 Å². The molecule has 1 heterocycles. The van der Waals surface area contributed by atoms with Gasteiger partial charge in [0.05, 0.1) is 25.9 Å². The van der Waals surface area contributed by atoms with Crippen LogP contribution in [0.4, 0.5) is 32.0 Å². The quantitative estimate of drug-likeness (QED) is 0.439. The molecule has 36 heavy (non-hydrogen) atoms. The molecule has 4 saturated carbocycles. The summed E-state index contributed by atoms with van der Waals surface area (Å²) in [4.78, 5) is 12.8. The van der Waals surface area contributed by atoms with Gasteiger partial charge in [-0.15, -0.1) is 0 Å². The number of aromatic nitrogens is 2. The lowest BCUT2D eigenvalue weighted by atomic mass is 9.41. The highest BCUT2D eigenvalue weighted by molar-refractivity contribution is 7.91. The molecule has 1 atom stereocenters. The Morgan fingerprint density at radius 2 is 1.81 bits per heavy atom. The molecule has 6 rings (SSSR count). The van der Waals surface area contributed by atoms with E-state index in [-0.39, 0.29) is 37.2 Å². The van der Waals surface area contributed by atoms with E-state index in [1.54, 1.807) is 6.92 Å². The maximum Gasteiger partial charge on any atom is 0.274 e. The summed E-state index contributed by atoms with van der Waals surface area (Å²) in [7, 11) is -3.50. The van der Waals surface area contributed by atoms with E-state index in [0.717, 1.165) is 29.1 Å². The van der Waals surface area contributed by atoms with E-state index in [0.29, 0.717) is 0 Å². The molecule has 0 radical (unpaired) electrons. The van der Waals surface area contributed by atoms with Crippen molar-refractivity contribution in [1.82, 2.24) is 9.78 Å². The van der Waals surface area contributed by atoms with E-state index in [1.807, 2.05) is 0 Å². The van der Waals surface area contributed by atoms with Gasteiger partial charge in [-0.3, -0.25) is 9.48 Å². The maximum absolute atomic E-state index is 14.4. The molecule has 0 saturated heterocycles. The van der Waals surface area contributed by atoms with Gasteiger partial charge in [0.1, 0.15) is 17.2 Å². The zero-order valence-corrected chi connectivity index (χ0v) is 20.3. The van der Waals surface area contributed by atoms with Crippen molar-refractivity contribution in [2.45, 2.75) is 73.9 Å².